The molecule has 2 saturated heterocycles. The average molecular weight is 319 g/mol. The van der Waals surface area contributed by atoms with Gasteiger partial charge in [0.1, 0.15) is 6.04 Å². The molecule has 1 aromatic rings. The molecule has 0 spiro atoms. The van der Waals surface area contributed by atoms with Gasteiger partial charge < -0.3 is 10.6 Å². The summed E-state index contributed by atoms with van der Waals surface area (Å²) in [5.74, 6) is 2.38. The van der Waals surface area contributed by atoms with Gasteiger partial charge in [0.05, 0.1) is 0 Å². The number of rotatable bonds is 4. The predicted octanol–water partition coefficient (Wildman–Crippen LogP) is 1.64. The Balaban J connectivity index is 1.73. The highest BCUT2D eigenvalue weighted by molar-refractivity contribution is 7.99. The van der Waals surface area contributed by atoms with Crippen molar-refractivity contribution in [1.82, 2.24) is 15.5 Å². The molecule has 2 atom stereocenters. The van der Waals surface area contributed by atoms with Gasteiger partial charge in [-0.15, -0.1) is 0 Å². The molecular formula is C17H25N3OS. The summed E-state index contributed by atoms with van der Waals surface area (Å²) in [6, 6.07) is 10.3. The Morgan fingerprint density at radius 2 is 2.05 bits per heavy atom. The van der Waals surface area contributed by atoms with Crippen molar-refractivity contribution < 1.29 is 4.79 Å². The lowest BCUT2D eigenvalue weighted by Gasteiger charge is -2.35. The summed E-state index contributed by atoms with van der Waals surface area (Å²) >= 11 is 1.98. The molecule has 0 saturated carbocycles. The molecule has 22 heavy (non-hydrogen) atoms. The second-order valence-corrected chi connectivity index (χ2v) is 7.24. The Labute approximate surface area is 137 Å². The largest absolute Gasteiger partial charge is 0.350 e. The number of piperidine rings is 1. The summed E-state index contributed by atoms with van der Waals surface area (Å²) in [4.78, 5) is 15.3. The van der Waals surface area contributed by atoms with Crippen LogP contribution in [0.4, 0.5) is 0 Å². The van der Waals surface area contributed by atoms with E-state index < -0.39 is 0 Å². The minimum atomic E-state index is -0.149. The SMILES string of the molecule is O=C(N[C@H]1CCCNC1)C(c1ccccc1)N1CCSCC1. The van der Waals surface area contributed by atoms with Gasteiger partial charge in [-0.3, -0.25) is 9.69 Å². The second-order valence-electron chi connectivity index (χ2n) is 6.01. The Bertz CT molecular complexity index is 470. The molecule has 2 aliphatic rings. The van der Waals surface area contributed by atoms with E-state index in [1.165, 1.54) is 0 Å². The average Bonchev–Trinajstić information content (AvgIpc) is 2.58. The third-order valence-electron chi connectivity index (χ3n) is 4.42. The van der Waals surface area contributed by atoms with Gasteiger partial charge >= 0.3 is 0 Å². The molecule has 2 N–H and O–H groups in total. The maximum Gasteiger partial charge on any atom is 0.242 e. The van der Waals surface area contributed by atoms with Gasteiger partial charge in [-0.1, -0.05) is 30.3 Å². The van der Waals surface area contributed by atoms with E-state index in [1.807, 2.05) is 30.0 Å². The first-order valence-corrected chi connectivity index (χ1v) is 9.38. The fraction of sp³-hybridized carbons (Fsp3) is 0.588. The number of thioether (sulfide) groups is 1. The first-order valence-electron chi connectivity index (χ1n) is 8.22. The number of carbonyl (C=O) groups excluding carboxylic acids is 1. The van der Waals surface area contributed by atoms with E-state index in [0.29, 0.717) is 0 Å². The number of hydrogen-bond donors (Lipinski definition) is 2. The van der Waals surface area contributed by atoms with Gasteiger partial charge in [0.25, 0.3) is 0 Å². The zero-order valence-electron chi connectivity index (χ0n) is 13.0. The van der Waals surface area contributed by atoms with Gasteiger partial charge in [-0.25, -0.2) is 0 Å². The van der Waals surface area contributed by atoms with Crippen LogP contribution >= 0.6 is 11.8 Å². The van der Waals surface area contributed by atoms with E-state index in [0.717, 1.165) is 56.1 Å². The van der Waals surface area contributed by atoms with Crippen LogP contribution < -0.4 is 10.6 Å². The molecule has 120 valence electrons. The first kappa shape index (κ1) is 15.8. The third-order valence-corrected chi connectivity index (χ3v) is 5.36. The Morgan fingerprint density at radius 1 is 1.27 bits per heavy atom. The van der Waals surface area contributed by atoms with Crippen LogP contribution in [0.2, 0.25) is 0 Å². The molecule has 1 amide bonds. The monoisotopic (exact) mass is 319 g/mol. The standard InChI is InChI=1S/C17H25N3OS/c21-17(19-15-7-4-8-18-13-15)16(14-5-2-1-3-6-14)20-9-11-22-12-10-20/h1-3,5-6,15-16,18H,4,7-13H2,(H,19,21)/t15-,16?/m0/s1. The minimum absolute atomic E-state index is 0.149. The summed E-state index contributed by atoms with van der Waals surface area (Å²) in [6.07, 6.45) is 2.22. The van der Waals surface area contributed by atoms with Crippen LogP contribution in [0, 0.1) is 0 Å². The molecule has 0 radical (unpaired) electrons. The summed E-state index contributed by atoms with van der Waals surface area (Å²) in [7, 11) is 0. The van der Waals surface area contributed by atoms with Crippen molar-refractivity contribution in [2.75, 3.05) is 37.7 Å². The maximum atomic E-state index is 12.9. The molecule has 2 aliphatic heterocycles. The normalized spacial score (nSPS) is 24.6. The van der Waals surface area contributed by atoms with Crippen molar-refractivity contribution in [3.63, 3.8) is 0 Å². The zero-order valence-corrected chi connectivity index (χ0v) is 13.8. The quantitative estimate of drug-likeness (QED) is 0.886. The number of hydrogen-bond acceptors (Lipinski definition) is 4. The van der Waals surface area contributed by atoms with Crippen molar-refractivity contribution in [2.24, 2.45) is 0 Å². The maximum absolute atomic E-state index is 12.9. The highest BCUT2D eigenvalue weighted by Crippen LogP contribution is 2.24. The lowest BCUT2D eigenvalue weighted by atomic mass is 10.0. The van der Waals surface area contributed by atoms with E-state index in [-0.39, 0.29) is 18.0 Å². The molecule has 2 fully saturated rings. The van der Waals surface area contributed by atoms with Crippen molar-refractivity contribution in [3.8, 4) is 0 Å². The summed E-state index contributed by atoms with van der Waals surface area (Å²) in [5, 5.41) is 6.63. The van der Waals surface area contributed by atoms with Crippen LogP contribution in [-0.2, 0) is 4.79 Å². The summed E-state index contributed by atoms with van der Waals surface area (Å²) in [6.45, 7) is 3.93. The van der Waals surface area contributed by atoms with Gasteiger partial charge in [-0.05, 0) is 24.9 Å². The number of nitrogens with zero attached hydrogens (tertiary/aromatic N) is 1. The molecule has 4 nitrogen and oxygen atoms in total. The van der Waals surface area contributed by atoms with Gasteiger partial charge in [0.2, 0.25) is 5.91 Å². The molecule has 1 aromatic carbocycles. The fourth-order valence-electron chi connectivity index (χ4n) is 3.25. The van der Waals surface area contributed by atoms with Gasteiger partial charge in [-0.2, -0.15) is 11.8 Å². The number of nitrogens with one attached hydrogen (secondary N) is 2. The van der Waals surface area contributed by atoms with Crippen LogP contribution in [0.15, 0.2) is 30.3 Å². The zero-order chi connectivity index (χ0) is 15.2. The number of benzene rings is 1. The van der Waals surface area contributed by atoms with E-state index in [2.05, 4.69) is 27.7 Å². The van der Waals surface area contributed by atoms with E-state index >= 15 is 0 Å². The molecule has 3 rings (SSSR count). The fourth-order valence-corrected chi connectivity index (χ4v) is 4.19. The van der Waals surface area contributed by atoms with E-state index in [9.17, 15) is 4.79 Å². The molecule has 0 aromatic heterocycles. The van der Waals surface area contributed by atoms with Crippen LogP contribution in [-0.4, -0.2) is 54.5 Å². The van der Waals surface area contributed by atoms with Gasteiger partial charge in [0.15, 0.2) is 0 Å². The predicted molar refractivity (Wildman–Crippen MR) is 92.1 cm³/mol. The van der Waals surface area contributed by atoms with Gasteiger partial charge in [0, 0.05) is 37.2 Å². The summed E-state index contributed by atoms with van der Waals surface area (Å²) < 4.78 is 0. The lowest BCUT2D eigenvalue weighted by Crippen LogP contribution is -2.50. The third kappa shape index (κ3) is 4.03. The molecule has 2 heterocycles. The highest BCUT2D eigenvalue weighted by atomic mass is 32.2. The van der Waals surface area contributed by atoms with Crippen LogP contribution in [0.5, 0.6) is 0 Å². The number of amides is 1. The van der Waals surface area contributed by atoms with Crippen molar-refractivity contribution in [1.29, 1.82) is 0 Å². The topological polar surface area (TPSA) is 44.4 Å². The molecule has 1 unspecified atom stereocenters. The van der Waals surface area contributed by atoms with Crippen LogP contribution in [0.1, 0.15) is 24.4 Å². The van der Waals surface area contributed by atoms with Crippen molar-refractivity contribution >= 4 is 17.7 Å². The number of carbonyl (C=O) groups is 1. The molecular weight excluding hydrogens is 294 g/mol. The smallest absolute Gasteiger partial charge is 0.242 e. The first-order chi connectivity index (χ1) is 10.8. The second kappa shape index (κ2) is 7.99. The molecule has 0 aliphatic carbocycles. The van der Waals surface area contributed by atoms with E-state index in [4.69, 9.17) is 0 Å². The Hall–Kier alpha value is -1.04. The minimum Gasteiger partial charge on any atom is -0.350 e. The van der Waals surface area contributed by atoms with Crippen LogP contribution in [0.25, 0.3) is 0 Å². The summed E-state index contributed by atoms with van der Waals surface area (Å²) in [5.41, 5.74) is 1.11. The molecule has 0 bridgehead atoms. The van der Waals surface area contributed by atoms with Crippen molar-refractivity contribution in [2.45, 2.75) is 24.9 Å². The highest BCUT2D eigenvalue weighted by Gasteiger charge is 2.30. The van der Waals surface area contributed by atoms with Crippen molar-refractivity contribution in [3.05, 3.63) is 35.9 Å². The van der Waals surface area contributed by atoms with Crippen LogP contribution in [0.3, 0.4) is 0 Å². The Morgan fingerprint density at radius 3 is 2.73 bits per heavy atom. The molecule has 5 heteroatoms. The lowest BCUT2D eigenvalue weighted by molar-refractivity contribution is -0.127. The van der Waals surface area contributed by atoms with E-state index in [1.54, 1.807) is 0 Å². The Kier molecular flexibility index (Phi) is 5.76.